The molecule has 1 rings (SSSR count). The largest absolute Gasteiger partial charge is 0.358 e. The molecule has 1 fully saturated rings. The van der Waals surface area contributed by atoms with Crippen molar-refractivity contribution in [2.75, 3.05) is 20.1 Å². The number of nitrogens with zero attached hydrogens (tertiary/aromatic N) is 1. The maximum Gasteiger partial charge on any atom is 0.239 e. The van der Waals surface area contributed by atoms with Crippen molar-refractivity contribution in [2.45, 2.75) is 45.2 Å². The molecule has 1 heterocycles. The Kier molecular flexibility index (Phi) is 5.41. The molecule has 17 heavy (non-hydrogen) atoms. The molecule has 0 aromatic heterocycles. The third-order valence-electron chi connectivity index (χ3n) is 3.18. The van der Waals surface area contributed by atoms with E-state index in [0.29, 0.717) is 0 Å². The zero-order valence-corrected chi connectivity index (χ0v) is 11.0. The van der Waals surface area contributed by atoms with Crippen molar-refractivity contribution in [3.05, 3.63) is 0 Å². The summed E-state index contributed by atoms with van der Waals surface area (Å²) >= 11 is 0. The molecule has 0 radical (unpaired) electrons. The van der Waals surface area contributed by atoms with Gasteiger partial charge in [-0.25, -0.2) is 0 Å². The molecular formula is C12H23N3O2. The maximum absolute atomic E-state index is 12.1. The Morgan fingerprint density at radius 1 is 1.06 bits per heavy atom. The average molecular weight is 241 g/mol. The van der Waals surface area contributed by atoms with E-state index in [1.54, 1.807) is 14.0 Å². The Balaban J connectivity index is 2.43. The molecule has 0 aliphatic carbocycles. The van der Waals surface area contributed by atoms with Gasteiger partial charge in [0.15, 0.2) is 0 Å². The standard InChI is InChI=1S/C12H23N3O2/c1-9(11(16)13-3)14-10(2)12(17)15-7-5-4-6-8-15/h9-10,14H,4-8H2,1-3H3,(H,13,16). The fourth-order valence-corrected chi connectivity index (χ4v) is 2.13. The van der Waals surface area contributed by atoms with E-state index in [1.807, 2.05) is 11.8 Å². The van der Waals surface area contributed by atoms with Crippen molar-refractivity contribution in [1.29, 1.82) is 0 Å². The summed E-state index contributed by atoms with van der Waals surface area (Å²) in [5.74, 6) is 0.00347. The van der Waals surface area contributed by atoms with Crippen molar-refractivity contribution in [3.63, 3.8) is 0 Å². The number of hydrogen-bond acceptors (Lipinski definition) is 3. The minimum absolute atomic E-state index is 0.0942. The van der Waals surface area contributed by atoms with Crippen LogP contribution in [0.2, 0.25) is 0 Å². The number of carbonyl (C=O) groups excluding carboxylic acids is 2. The molecule has 2 amide bonds. The van der Waals surface area contributed by atoms with Crippen molar-refractivity contribution < 1.29 is 9.59 Å². The summed E-state index contributed by atoms with van der Waals surface area (Å²) in [6.07, 6.45) is 3.38. The smallest absolute Gasteiger partial charge is 0.239 e. The average Bonchev–Trinajstić information content (AvgIpc) is 2.37. The molecule has 2 unspecified atom stereocenters. The maximum atomic E-state index is 12.1. The molecule has 1 aliphatic heterocycles. The number of likely N-dealkylation sites (tertiary alicyclic amines) is 1. The minimum atomic E-state index is -0.344. The molecule has 98 valence electrons. The molecule has 0 bridgehead atoms. The molecule has 0 aromatic rings. The van der Waals surface area contributed by atoms with Crippen LogP contribution in [0.4, 0.5) is 0 Å². The zero-order valence-electron chi connectivity index (χ0n) is 11.0. The summed E-state index contributed by atoms with van der Waals surface area (Å²) < 4.78 is 0. The molecular weight excluding hydrogens is 218 g/mol. The Morgan fingerprint density at radius 2 is 1.65 bits per heavy atom. The topological polar surface area (TPSA) is 61.4 Å². The van der Waals surface area contributed by atoms with Gasteiger partial charge >= 0.3 is 0 Å². The first-order valence-corrected chi connectivity index (χ1v) is 6.32. The van der Waals surface area contributed by atoms with E-state index in [2.05, 4.69) is 10.6 Å². The van der Waals surface area contributed by atoms with Gasteiger partial charge in [-0.05, 0) is 33.1 Å². The second-order valence-corrected chi connectivity index (χ2v) is 4.61. The lowest BCUT2D eigenvalue weighted by molar-refractivity contribution is -0.134. The Bertz CT molecular complexity index is 275. The summed E-state index contributed by atoms with van der Waals surface area (Å²) in [5.41, 5.74) is 0. The second-order valence-electron chi connectivity index (χ2n) is 4.61. The highest BCUT2D eigenvalue weighted by atomic mass is 16.2. The first-order chi connectivity index (χ1) is 8.06. The quantitative estimate of drug-likeness (QED) is 0.734. The lowest BCUT2D eigenvalue weighted by atomic mass is 10.1. The van der Waals surface area contributed by atoms with Crippen LogP contribution in [0.1, 0.15) is 33.1 Å². The van der Waals surface area contributed by atoms with Crippen LogP contribution in [0.3, 0.4) is 0 Å². The van der Waals surface area contributed by atoms with Crippen molar-refractivity contribution in [1.82, 2.24) is 15.5 Å². The van der Waals surface area contributed by atoms with Gasteiger partial charge in [-0.3, -0.25) is 14.9 Å². The van der Waals surface area contributed by atoms with Crippen LogP contribution >= 0.6 is 0 Å². The fourth-order valence-electron chi connectivity index (χ4n) is 2.13. The Labute approximate surface area is 103 Å². The summed E-state index contributed by atoms with van der Waals surface area (Å²) in [4.78, 5) is 25.3. The van der Waals surface area contributed by atoms with E-state index < -0.39 is 0 Å². The Morgan fingerprint density at radius 3 is 2.18 bits per heavy atom. The molecule has 5 nitrogen and oxygen atoms in total. The number of nitrogens with one attached hydrogen (secondary N) is 2. The van der Waals surface area contributed by atoms with Gasteiger partial charge in [0.1, 0.15) is 0 Å². The highest BCUT2D eigenvalue weighted by Gasteiger charge is 2.24. The summed E-state index contributed by atoms with van der Waals surface area (Å²) in [6, 6.07) is -0.649. The van der Waals surface area contributed by atoms with E-state index in [-0.39, 0.29) is 23.9 Å². The van der Waals surface area contributed by atoms with Crippen molar-refractivity contribution >= 4 is 11.8 Å². The molecule has 0 saturated carbocycles. The van der Waals surface area contributed by atoms with Gasteiger partial charge in [0.05, 0.1) is 12.1 Å². The number of piperidine rings is 1. The predicted molar refractivity (Wildman–Crippen MR) is 66.6 cm³/mol. The van der Waals surface area contributed by atoms with Crippen molar-refractivity contribution in [2.24, 2.45) is 0 Å². The molecule has 0 spiro atoms. The van der Waals surface area contributed by atoms with Crippen LogP contribution in [0.25, 0.3) is 0 Å². The molecule has 5 heteroatoms. The summed E-state index contributed by atoms with van der Waals surface area (Å²) in [6.45, 7) is 5.27. The lowest BCUT2D eigenvalue weighted by Crippen LogP contribution is -2.52. The molecule has 1 aliphatic rings. The number of carbonyl (C=O) groups is 2. The second kappa shape index (κ2) is 6.59. The van der Waals surface area contributed by atoms with Crippen LogP contribution in [-0.2, 0) is 9.59 Å². The van der Waals surface area contributed by atoms with Crippen LogP contribution in [0, 0.1) is 0 Å². The first kappa shape index (κ1) is 14.0. The minimum Gasteiger partial charge on any atom is -0.358 e. The molecule has 2 atom stereocenters. The van der Waals surface area contributed by atoms with Crippen LogP contribution < -0.4 is 10.6 Å². The highest BCUT2D eigenvalue weighted by Crippen LogP contribution is 2.10. The zero-order chi connectivity index (χ0) is 12.8. The van der Waals surface area contributed by atoms with Gasteiger partial charge in [0.25, 0.3) is 0 Å². The number of rotatable bonds is 4. The number of likely N-dealkylation sites (N-methyl/N-ethyl adjacent to an activating group) is 1. The van der Waals surface area contributed by atoms with E-state index >= 15 is 0 Å². The van der Waals surface area contributed by atoms with Crippen molar-refractivity contribution in [3.8, 4) is 0 Å². The van der Waals surface area contributed by atoms with Gasteiger partial charge in [-0.15, -0.1) is 0 Å². The lowest BCUT2D eigenvalue weighted by Gasteiger charge is -2.30. The van der Waals surface area contributed by atoms with E-state index in [1.165, 1.54) is 6.42 Å². The van der Waals surface area contributed by atoms with Crippen LogP contribution in [0.15, 0.2) is 0 Å². The SMILES string of the molecule is CNC(=O)C(C)NC(C)C(=O)N1CCCCC1. The summed E-state index contributed by atoms with van der Waals surface area (Å²) in [7, 11) is 1.59. The third kappa shape index (κ3) is 4.00. The molecule has 2 N–H and O–H groups in total. The van der Waals surface area contributed by atoms with E-state index in [0.717, 1.165) is 25.9 Å². The summed E-state index contributed by atoms with van der Waals surface area (Å²) in [5, 5.41) is 5.59. The van der Waals surface area contributed by atoms with Gasteiger partial charge in [0.2, 0.25) is 11.8 Å². The molecule has 0 aromatic carbocycles. The van der Waals surface area contributed by atoms with Gasteiger partial charge in [0, 0.05) is 20.1 Å². The first-order valence-electron chi connectivity index (χ1n) is 6.32. The van der Waals surface area contributed by atoms with Crippen LogP contribution in [0.5, 0.6) is 0 Å². The number of amides is 2. The van der Waals surface area contributed by atoms with Gasteiger partial charge in [-0.1, -0.05) is 0 Å². The monoisotopic (exact) mass is 241 g/mol. The Hall–Kier alpha value is -1.10. The normalized spacial score (nSPS) is 19.6. The van der Waals surface area contributed by atoms with E-state index in [4.69, 9.17) is 0 Å². The fraction of sp³-hybridized carbons (Fsp3) is 0.833. The molecule has 1 saturated heterocycles. The van der Waals surface area contributed by atoms with Gasteiger partial charge in [-0.2, -0.15) is 0 Å². The predicted octanol–water partition coefficient (Wildman–Crippen LogP) is 0.112. The highest BCUT2D eigenvalue weighted by molar-refractivity contribution is 5.84. The van der Waals surface area contributed by atoms with Crippen LogP contribution in [-0.4, -0.2) is 48.9 Å². The van der Waals surface area contributed by atoms with Gasteiger partial charge < -0.3 is 10.2 Å². The third-order valence-corrected chi connectivity index (χ3v) is 3.18. The van der Waals surface area contributed by atoms with E-state index in [9.17, 15) is 9.59 Å². The number of hydrogen-bond donors (Lipinski definition) is 2.